The summed E-state index contributed by atoms with van der Waals surface area (Å²) in [4.78, 5) is 4.53. The van der Waals surface area contributed by atoms with Gasteiger partial charge in [0.05, 0.1) is 25.0 Å². The summed E-state index contributed by atoms with van der Waals surface area (Å²) in [5, 5.41) is 8.56. The molecule has 0 spiro atoms. The highest BCUT2D eigenvalue weighted by Gasteiger charge is 2.19. The third-order valence-electron chi connectivity index (χ3n) is 4.59. The monoisotopic (exact) mass is 325 g/mol. The molecule has 0 N–H and O–H groups in total. The van der Waals surface area contributed by atoms with E-state index >= 15 is 0 Å². The average molecular weight is 325 g/mol. The first-order chi connectivity index (χ1) is 11.8. The second kappa shape index (κ2) is 6.78. The summed E-state index contributed by atoms with van der Waals surface area (Å²) in [6.45, 7) is 4.54. The van der Waals surface area contributed by atoms with Crippen LogP contribution in [0, 0.1) is 17.8 Å². The van der Waals surface area contributed by atoms with Crippen molar-refractivity contribution in [3.8, 4) is 23.4 Å². The lowest BCUT2D eigenvalue weighted by Crippen LogP contribution is -2.24. The Morgan fingerprint density at radius 3 is 2.96 bits per heavy atom. The summed E-state index contributed by atoms with van der Waals surface area (Å²) < 4.78 is 9.76. The van der Waals surface area contributed by atoms with Crippen molar-refractivity contribution in [1.82, 2.24) is 24.5 Å². The highest BCUT2D eigenvalue weighted by atomic mass is 16.5. The Balaban J connectivity index is 1.52. The van der Waals surface area contributed by atoms with Crippen LogP contribution in [0.4, 0.5) is 0 Å². The Hall–Kier alpha value is -2.13. The molecular formula is C18H23N5O. The zero-order chi connectivity index (χ0) is 16.4. The van der Waals surface area contributed by atoms with Gasteiger partial charge in [0.1, 0.15) is 11.4 Å². The van der Waals surface area contributed by atoms with Gasteiger partial charge in [0.2, 0.25) is 0 Å². The molecule has 0 radical (unpaired) electrons. The Kier molecular flexibility index (Phi) is 4.35. The van der Waals surface area contributed by atoms with Gasteiger partial charge in [-0.2, -0.15) is 0 Å². The lowest BCUT2D eigenvalue weighted by atomic mass is 10.1. The molecule has 1 atom stereocenters. The fourth-order valence-corrected chi connectivity index (χ4v) is 3.05. The molecule has 1 saturated carbocycles. The van der Waals surface area contributed by atoms with Crippen LogP contribution in [0.25, 0.3) is 11.5 Å². The van der Waals surface area contributed by atoms with Crippen LogP contribution in [-0.4, -0.2) is 37.3 Å². The molecule has 0 amide bonds. The maximum absolute atomic E-state index is 5.78. The summed E-state index contributed by atoms with van der Waals surface area (Å²) in [7, 11) is 0. The van der Waals surface area contributed by atoms with E-state index in [9.17, 15) is 0 Å². The van der Waals surface area contributed by atoms with E-state index in [0.717, 1.165) is 49.8 Å². The fraction of sp³-hybridized carbons (Fsp3) is 0.611. The SMILES string of the molecule is CCn1c(C#CC2CC2)cnc1-c1cn(C[C@H]2CCCCO2)nn1. The van der Waals surface area contributed by atoms with Crippen molar-refractivity contribution < 1.29 is 4.74 Å². The van der Waals surface area contributed by atoms with E-state index < -0.39 is 0 Å². The zero-order valence-corrected chi connectivity index (χ0v) is 14.1. The standard InChI is InChI=1S/C18H23N5O/c1-2-23-15(9-8-14-6-7-14)11-19-18(23)17-13-22(21-20-17)12-16-5-3-4-10-24-16/h11,13-14,16H,2-7,10,12H2,1H3/t16-/m1/s1. The molecule has 2 aliphatic rings. The van der Waals surface area contributed by atoms with Gasteiger partial charge in [-0.15, -0.1) is 5.10 Å². The first-order valence-corrected chi connectivity index (χ1v) is 8.92. The van der Waals surface area contributed by atoms with E-state index in [-0.39, 0.29) is 6.10 Å². The minimum Gasteiger partial charge on any atom is -0.376 e. The lowest BCUT2D eigenvalue weighted by Gasteiger charge is -2.21. The van der Waals surface area contributed by atoms with E-state index in [1.807, 2.05) is 17.1 Å². The van der Waals surface area contributed by atoms with Crippen LogP contribution in [-0.2, 0) is 17.8 Å². The highest BCUT2D eigenvalue weighted by molar-refractivity contribution is 5.50. The van der Waals surface area contributed by atoms with E-state index in [2.05, 4.69) is 38.6 Å². The van der Waals surface area contributed by atoms with Crippen LogP contribution < -0.4 is 0 Å². The van der Waals surface area contributed by atoms with Gasteiger partial charge in [0, 0.05) is 19.1 Å². The Morgan fingerprint density at radius 2 is 2.21 bits per heavy atom. The molecule has 4 rings (SSSR count). The van der Waals surface area contributed by atoms with Gasteiger partial charge in [-0.3, -0.25) is 0 Å². The quantitative estimate of drug-likeness (QED) is 0.811. The van der Waals surface area contributed by atoms with Crippen LogP contribution in [0.1, 0.15) is 44.7 Å². The molecule has 2 aromatic heterocycles. The molecular weight excluding hydrogens is 302 g/mol. The molecule has 1 aliphatic carbocycles. The average Bonchev–Trinajstić information content (AvgIpc) is 3.17. The minimum atomic E-state index is 0.249. The van der Waals surface area contributed by atoms with E-state index in [1.54, 1.807) is 0 Å². The van der Waals surface area contributed by atoms with Crippen molar-refractivity contribution in [2.45, 2.75) is 58.2 Å². The summed E-state index contributed by atoms with van der Waals surface area (Å²) in [5.41, 5.74) is 1.76. The third-order valence-corrected chi connectivity index (χ3v) is 4.59. The molecule has 0 unspecified atom stereocenters. The summed E-state index contributed by atoms with van der Waals surface area (Å²) in [6, 6.07) is 0. The van der Waals surface area contributed by atoms with Gasteiger partial charge < -0.3 is 9.30 Å². The van der Waals surface area contributed by atoms with E-state index in [4.69, 9.17) is 4.74 Å². The van der Waals surface area contributed by atoms with Crippen molar-refractivity contribution in [1.29, 1.82) is 0 Å². The molecule has 126 valence electrons. The largest absolute Gasteiger partial charge is 0.376 e. The van der Waals surface area contributed by atoms with Crippen LogP contribution in [0.15, 0.2) is 12.4 Å². The summed E-state index contributed by atoms with van der Waals surface area (Å²) in [5.74, 6) is 8.00. The van der Waals surface area contributed by atoms with Gasteiger partial charge >= 0.3 is 0 Å². The topological polar surface area (TPSA) is 57.8 Å². The number of aromatic nitrogens is 5. The Labute approximate surface area is 142 Å². The van der Waals surface area contributed by atoms with Gasteiger partial charge in [0.25, 0.3) is 0 Å². The summed E-state index contributed by atoms with van der Waals surface area (Å²) in [6.07, 6.45) is 10.0. The molecule has 0 aromatic carbocycles. The van der Waals surface area contributed by atoms with Crippen molar-refractivity contribution in [2.75, 3.05) is 6.61 Å². The van der Waals surface area contributed by atoms with Crippen LogP contribution in [0.3, 0.4) is 0 Å². The van der Waals surface area contributed by atoms with Gasteiger partial charge in [-0.25, -0.2) is 9.67 Å². The predicted molar refractivity (Wildman–Crippen MR) is 90.1 cm³/mol. The van der Waals surface area contributed by atoms with E-state index in [0.29, 0.717) is 5.92 Å². The van der Waals surface area contributed by atoms with Crippen LogP contribution in [0.5, 0.6) is 0 Å². The maximum Gasteiger partial charge on any atom is 0.163 e. The molecule has 0 bridgehead atoms. The first kappa shape index (κ1) is 15.4. The molecule has 1 aliphatic heterocycles. The Bertz CT molecular complexity index is 756. The minimum absolute atomic E-state index is 0.249. The number of rotatable bonds is 4. The van der Waals surface area contributed by atoms with E-state index in [1.165, 1.54) is 19.3 Å². The van der Waals surface area contributed by atoms with Crippen LogP contribution in [0.2, 0.25) is 0 Å². The second-order valence-electron chi connectivity index (χ2n) is 6.57. The van der Waals surface area contributed by atoms with Crippen LogP contribution >= 0.6 is 0 Å². The fourth-order valence-electron chi connectivity index (χ4n) is 3.05. The van der Waals surface area contributed by atoms with Crippen molar-refractivity contribution >= 4 is 0 Å². The predicted octanol–water partition coefficient (Wildman–Crippen LogP) is 2.49. The second-order valence-corrected chi connectivity index (χ2v) is 6.57. The molecule has 6 nitrogen and oxygen atoms in total. The number of imidazole rings is 1. The van der Waals surface area contributed by atoms with Gasteiger partial charge in [-0.05, 0) is 44.9 Å². The normalized spacial score (nSPS) is 20.6. The molecule has 2 aromatic rings. The molecule has 3 heterocycles. The van der Waals surface area contributed by atoms with Crippen molar-refractivity contribution in [3.63, 3.8) is 0 Å². The molecule has 1 saturated heterocycles. The number of hydrogen-bond acceptors (Lipinski definition) is 4. The molecule has 6 heteroatoms. The van der Waals surface area contributed by atoms with Gasteiger partial charge in [-0.1, -0.05) is 11.1 Å². The number of nitrogens with zero attached hydrogens (tertiary/aromatic N) is 5. The number of hydrogen-bond donors (Lipinski definition) is 0. The first-order valence-electron chi connectivity index (χ1n) is 8.92. The number of ether oxygens (including phenoxy) is 1. The van der Waals surface area contributed by atoms with Gasteiger partial charge in [0.15, 0.2) is 5.82 Å². The smallest absolute Gasteiger partial charge is 0.163 e. The highest BCUT2D eigenvalue weighted by Crippen LogP contribution is 2.27. The van der Waals surface area contributed by atoms with Crippen molar-refractivity contribution in [3.05, 3.63) is 18.1 Å². The molecule has 24 heavy (non-hydrogen) atoms. The van der Waals surface area contributed by atoms with Crippen molar-refractivity contribution in [2.24, 2.45) is 5.92 Å². The zero-order valence-electron chi connectivity index (χ0n) is 14.1. The molecule has 2 fully saturated rings. The lowest BCUT2D eigenvalue weighted by molar-refractivity contribution is 0.00370. The Morgan fingerprint density at radius 1 is 1.29 bits per heavy atom. The third kappa shape index (κ3) is 3.36. The summed E-state index contributed by atoms with van der Waals surface area (Å²) >= 11 is 0. The maximum atomic E-state index is 5.78.